The third-order valence-electron chi connectivity index (χ3n) is 4.69. The van der Waals surface area contributed by atoms with Gasteiger partial charge in [-0.3, -0.25) is 9.69 Å². The van der Waals surface area contributed by atoms with Crippen LogP contribution in [-0.4, -0.2) is 79.7 Å². The molecule has 1 aromatic rings. The summed E-state index contributed by atoms with van der Waals surface area (Å²) in [6.45, 7) is 4.04. The third-order valence-corrected chi connectivity index (χ3v) is 4.69. The topological polar surface area (TPSA) is 48.9 Å². The summed E-state index contributed by atoms with van der Waals surface area (Å²) in [5.74, 6) is 1.23. The molecule has 1 amide bonds. The Morgan fingerprint density at radius 3 is 2.64 bits per heavy atom. The Labute approximate surface area is 131 Å². The SMILES string of the molecule is CO[C@H]1C[C@@H](C(=O)N2CCN(c3ccccn3)CC2)N(C)C1. The quantitative estimate of drug-likeness (QED) is 0.811. The molecule has 2 saturated heterocycles. The Balaban J connectivity index is 1.56. The van der Waals surface area contributed by atoms with Crippen LogP contribution in [0.15, 0.2) is 24.4 Å². The van der Waals surface area contributed by atoms with E-state index in [-0.39, 0.29) is 18.1 Å². The fraction of sp³-hybridized carbons (Fsp3) is 0.625. The molecule has 2 aliphatic heterocycles. The van der Waals surface area contributed by atoms with E-state index in [2.05, 4.69) is 14.8 Å². The maximum absolute atomic E-state index is 12.7. The molecule has 120 valence electrons. The maximum Gasteiger partial charge on any atom is 0.240 e. The molecule has 1 aromatic heterocycles. The van der Waals surface area contributed by atoms with Gasteiger partial charge in [-0.1, -0.05) is 6.07 Å². The number of carbonyl (C=O) groups excluding carboxylic acids is 1. The lowest BCUT2D eigenvalue weighted by Crippen LogP contribution is -2.53. The Kier molecular flexibility index (Phi) is 4.59. The molecule has 22 heavy (non-hydrogen) atoms. The fourth-order valence-electron chi connectivity index (χ4n) is 3.32. The zero-order valence-electron chi connectivity index (χ0n) is 13.3. The van der Waals surface area contributed by atoms with E-state index in [1.807, 2.05) is 36.3 Å². The first-order valence-electron chi connectivity index (χ1n) is 7.87. The minimum absolute atomic E-state index is 0.0358. The highest BCUT2D eigenvalue weighted by Gasteiger charge is 2.37. The van der Waals surface area contributed by atoms with Crippen molar-refractivity contribution in [1.82, 2.24) is 14.8 Å². The van der Waals surface area contributed by atoms with Gasteiger partial charge in [0.2, 0.25) is 5.91 Å². The van der Waals surface area contributed by atoms with E-state index in [0.29, 0.717) is 0 Å². The molecule has 2 atom stereocenters. The zero-order chi connectivity index (χ0) is 15.5. The lowest BCUT2D eigenvalue weighted by Gasteiger charge is -2.37. The van der Waals surface area contributed by atoms with Crippen LogP contribution in [0.1, 0.15) is 6.42 Å². The number of rotatable bonds is 3. The number of carbonyl (C=O) groups is 1. The van der Waals surface area contributed by atoms with Gasteiger partial charge in [0.15, 0.2) is 0 Å². The summed E-state index contributed by atoms with van der Waals surface area (Å²) >= 11 is 0. The lowest BCUT2D eigenvalue weighted by molar-refractivity contribution is -0.135. The van der Waals surface area contributed by atoms with E-state index in [4.69, 9.17) is 4.74 Å². The first-order valence-corrected chi connectivity index (χ1v) is 7.87. The fourth-order valence-corrected chi connectivity index (χ4v) is 3.32. The number of hydrogen-bond acceptors (Lipinski definition) is 5. The summed E-state index contributed by atoms with van der Waals surface area (Å²) < 4.78 is 5.40. The Bertz CT molecular complexity index is 502. The second-order valence-corrected chi connectivity index (χ2v) is 6.05. The van der Waals surface area contributed by atoms with Gasteiger partial charge in [-0.25, -0.2) is 4.98 Å². The molecule has 6 nitrogen and oxygen atoms in total. The van der Waals surface area contributed by atoms with Gasteiger partial charge in [-0.05, 0) is 25.6 Å². The second-order valence-electron chi connectivity index (χ2n) is 6.05. The molecule has 0 unspecified atom stereocenters. The van der Waals surface area contributed by atoms with Crippen LogP contribution in [0.25, 0.3) is 0 Å². The zero-order valence-corrected chi connectivity index (χ0v) is 13.3. The molecular weight excluding hydrogens is 280 g/mol. The Hall–Kier alpha value is -1.66. The van der Waals surface area contributed by atoms with Gasteiger partial charge in [0.05, 0.1) is 12.1 Å². The molecule has 3 heterocycles. The van der Waals surface area contributed by atoms with Crippen molar-refractivity contribution in [1.29, 1.82) is 0 Å². The number of ether oxygens (including phenoxy) is 1. The minimum atomic E-state index is -0.0358. The molecule has 3 rings (SSSR count). The molecule has 0 spiro atoms. The molecule has 2 fully saturated rings. The highest BCUT2D eigenvalue weighted by atomic mass is 16.5. The van der Waals surface area contributed by atoms with Crippen LogP contribution in [0, 0.1) is 0 Å². The number of pyridine rings is 1. The largest absolute Gasteiger partial charge is 0.380 e. The van der Waals surface area contributed by atoms with Crippen molar-refractivity contribution in [2.45, 2.75) is 18.6 Å². The molecule has 0 saturated carbocycles. The van der Waals surface area contributed by atoms with Crippen molar-refractivity contribution in [2.75, 3.05) is 51.8 Å². The second kappa shape index (κ2) is 6.62. The summed E-state index contributed by atoms with van der Waals surface area (Å²) in [4.78, 5) is 23.4. The average Bonchev–Trinajstić information content (AvgIpc) is 2.96. The van der Waals surface area contributed by atoms with Gasteiger partial charge < -0.3 is 14.5 Å². The summed E-state index contributed by atoms with van der Waals surface area (Å²) in [5.41, 5.74) is 0. The van der Waals surface area contributed by atoms with Crippen LogP contribution in [0.3, 0.4) is 0 Å². The number of aromatic nitrogens is 1. The van der Waals surface area contributed by atoms with Gasteiger partial charge in [-0.2, -0.15) is 0 Å². The first-order chi connectivity index (χ1) is 10.7. The average molecular weight is 304 g/mol. The Morgan fingerprint density at radius 1 is 1.27 bits per heavy atom. The van der Waals surface area contributed by atoms with Crippen LogP contribution in [0.4, 0.5) is 5.82 Å². The van der Waals surface area contributed by atoms with E-state index in [9.17, 15) is 4.79 Å². The normalized spacial score (nSPS) is 26.5. The summed E-state index contributed by atoms with van der Waals surface area (Å²) in [6, 6.07) is 5.90. The number of hydrogen-bond donors (Lipinski definition) is 0. The Morgan fingerprint density at radius 2 is 2.05 bits per heavy atom. The number of piperazine rings is 1. The van der Waals surface area contributed by atoms with Crippen LogP contribution in [0.2, 0.25) is 0 Å². The number of methoxy groups -OCH3 is 1. The molecule has 0 N–H and O–H groups in total. The first kappa shape index (κ1) is 15.2. The maximum atomic E-state index is 12.7. The van der Waals surface area contributed by atoms with Crippen molar-refractivity contribution < 1.29 is 9.53 Å². The van der Waals surface area contributed by atoms with E-state index in [0.717, 1.165) is 45.0 Å². The van der Waals surface area contributed by atoms with Gasteiger partial charge in [0.25, 0.3) is 0 Å². The molecule has 2 aliphatic rings. The van der Waals surface area contributed by atoms with Crippen molar-refractivity contribution >= 4 is 11.7 Å². The highest BCUT2D eigenvalue weighted by molar-refractivity contribution is 5.82. The number of likely N-dealkylation sites (N-methyl/N-ethyl adjacent to an activating group) is 1. The summed E-state index contributed by atoms with van der Waals surface area (Å²) in [6.07, 6.45) is 2.78. The molecule has 0 aromatic carbocycles. The smallest absolute Gasteiger partial charge is 0.240 e. The van der Waals surface area contributed by atoms with Crippen LogP contribution < -0.4 is 4.90 Å². The van der Waals surface area contributed by atoms with Crippen LogP contribution in [-0.2, 0) is 9.53 Å². The monoisotopic (exact) mass is 304 g/mol. The minimum Gasteiger partial charge on any atom is -0.380 e. The lowest BCUT2D eigenvalue weighted by atomic mass is 10.1. The number of nitrogens with zero attached hydrogens (tertiary/aromatic N) is 4. The highest BCUT2D eigenvalue weighted by Crippen LogP contribution is 2.21. The number of anilines is 1. The summed E-state index contributed by atoms with van der Waals surface area (Å²) in [7, 11) is 3.72. The van der Waals surface area contributed by atoms with Gasteiger partial charge in [-0.15, -0.1) is 0 Å². The number of amides is 1. The van der Waals surface area contributed by atoms with Crippen molar-refractivity contribution in [3.8, 4) is 0 Å². The van der Waals surface area contributed by atoms with Gasteiger partial charge in [0, 0.05) is 46.0 Å². The van der Waals surface area contributed by atoms with Crippen LogP contribution >= 0.6 is 0 Å². The molecular formula is C16H24N4O2. The molecule has 0 aliphatic carbocycles. The summed E-state index contributed by atoms with van der Waals surface area (Å²) in [5, 5.41) is 0. The van der Waals surface area contributed by atoms with E-state index in [1.54, 1.807) is 7.11 Å². The van der Waals surface area contributed by atoms with E-state index < -0.39 is 0 Å². The standard InChI is InChI=1S/C16H24N4O2/c1-18-12-13(22-2)11-14(18)16(21)20-9-7-19(8-10-20)15-5-3-4-6-17-15/h3-6,13-14H,7-12H2,1-2H3/t13-,14-/m0/s1. The van der Waals surface area contributed by atoms with Gasteiger partial charge in [0.1, 0.15) is 5.82 Å². The predicted octanol–water partition coefficient (Wildman–Crippen LogP) is 0.449. The third kappa shape index (κ3) is 3.08. The molecule has 0 radical (unpaired) electrons. The van der Waals surface area contributed by atoms with Gasteiger partial charge >= 0.3 is 0 Å². The van der Waals surface area contributed by atoms with Crippen LogP contribution in [0.5, 0.6) is 0 Å². The predicted molar refractivity (Wildman–Crippen MR) is 84.9 cm³/mol. The van der Waals surface area contributed by atoms with Crippen molar-refractivity contribution in [3.05, 3.63) is 24.4 Å². The number of likely N-dealkylation sites (tertiary alicyclic amines) is 1. The van der Waals surface area contributed by atoms with Crippen molar-refractivity contribution in [3.63, 3.8) is 0 Å². The molecule has 0 bridgehead atoms. The van der Waals surface area contributed by atoms with E-state index in [1.165, 1.54) is 0 Å². The van der Waals surface area contributed by atoms with E-state index >= 15 is 0 Å². The van der Waals surface area contributed by atoms with Crippen molar-refractivity contribution in [2.24, 2.45) is 0 Å². The molecule has 6 heteroatoms.